The molecule has 0 atom stereocenters. The maximum absolute atomic E-state index is 5.39. The summed E-state index contributed by atoms with van der Waals surface area (Å²) in [6.07, 6.45) is 0.537. The Labute approximate surface area is 142 Å². The van der Waals surface area contributed by atoms with E-state index in [1.54, 1.807) is 14.2 Å². The minimum Gasteiger partial charge on any atom is -0.497 e. The molecule has 6 heteroatoms. The standard InChI is InChI=1S/C17H15BrN2O3/c1-21-12-7-8-14(18)13(10-12)17-19-16(20-23-17)9-11-5-3-4-6-15(11)22-2/h3-8,10H,9H2,1-2H3. The van der Waals surface area contributed by atoms with Crippen molar-refractivity contribution in [2.45, 2.75) is 6.42 Å². The van der Waals surface area contributed by atoms with Gasteiger partial charge in [0.2, 0.25) is 0 Å². The van der Waals surface area contributed by atoms with Crippen LogP contribution in [0.4, 0.5) is 0 Å². The quantitative estimate of drug-likeness (QED) is 0.672. The molecule has 0 aliphatic carbocycles. The van der Waals surface area contributed by atoms with Crippen LogP contribution in [0.2, 0.25) is 0 Å². The van der Waals surface area contributed by atoms with Crippen molar-refractivity contribution in [2.75, 3.05) is 14.2 Å². The molecule has 0 N–H and O–H groups in total. The van der Waals surface area contributed by atoms with Crippen LogP contribution in [-0.4, -0.2) is 24.4 Å². The highest BCUT2D eigenvalue weighted by atomic mass is 79.9. The van der Waals surface area contributed by atoms with Gasteiger partial charge in [0.1, 0.15) is 11.5 Å². The minimum absolute atomic E-state index is 0.445. The van der Waals surface area contributed by atoms with Crippen LogP contribution >= 0.6 is 15.9 Å². The Morgan fingerprint density at radius 3 is 2.70 bits per heavy atom. The molecule has 0 saturated carbocycles. The van der Waals surface area contributed by atoms with E-state index in [0.29, 0.717) is 18.1 Å². The highest BCUT2D eigenvalue weighted by Crippen LogP contribution is 2.31. The average Bonchev–Trinajstić information content (AvgIpc) is 3.04. The Balaban J connectivity index is 1.89. The van der Waals surface area contributed by atoms with Gasteiger partial charge in [-0.2, -0.15) is 4.98 Å². The molecule has 1 aromatic heterocycles. The molecule has 0 aliphatic rings. The van der Waals surface area contributed by atoms with E-state index in [9.17, 15) is 0 Å². The van der Waals surface area contributed by atoms with E-state index in [-0.39, 0.29) is 0 Å². The molecule has 5 nitrogen and oxygen atoms in total. The summed E-state index contributed by atoms with van der Waals surface area (Å²) < 4.78 is 16.8. The summed E-state index contributed by atoms with van der Waals surface area (Å²) in [5, 5.41) is 4.06. The summed E-state index contributed by atoms with van der Waals surface area (Å²) in [5.41, 5.74) is 1.80. The van der Waals surface area contributed by atoms with E-state index in [0.717, 1.165) is 27.1 Å². The summed E-state index contributed by atoms with van der Waals surface area (Å²) in [5.74, 6) is 2.58. The first kappa shape index (κ1) is 15.6. The first-order valence-electron chi connectivity index (χ1n) is 6.99. The Morgan fingerprint density at radius 1 is 1.09 bits per heavy atom. The summed E-state index contributed by atoms with van der Waals surface area (Å²) in [7, 11) is 3.27. The third-order valence-electron chi connectivity index (χ3n) is 3.41. The lowest BCUT2D eigenvalue weighted by atomic mass is 10.1. The number of benzene rings is 2. The van der Waals surface area contributed by atoms with E-state index in [1.807, 2.05) is 42.5 Å². The van der Waals surface area contributed by atoms with E-state index >= 15 is 0 Å². The molecule has 0 aliphatic heterocycles. The fourth-order valence-electron chi connectivity index (χ4n) is 2.25. The van der Waals surface area contributed by atoms with Crippen molar-refractivity contribution in [3.05, 3.63) is 58.3 Å². The van der Waals surface area contributed by atoms with Crippen molar-refractivity contribution in [3.63, 3.8) is 0 Å². The van der Waals surface area contributed by atoms with E-state index < -0.39 is 0 Å². The first-order valence-corrected chi connectivity index (χ1v) is 7.79. The second-order valence-electron chi connectivity index (χ2n) is 4.85. The van der Waals surface area contributed by atoms with Gasteiger partial charge in [0.05, 0.1) is 19.8 Å². The van der Waals surface area contributed by atoms with Crippen LogP contribution in [0.5, 0.6) is 11.5 Å². The van der Waals surface area contributed by atoms with E-state index in [2.05, 4.69) is 26.1 Å². The number of nitrogens with zero attached hydrogens (tertiary/aromatic N) is 2. The summed E-state index contributed by atoms with van der Waals surface area (Å²) in [6.45, 7) is 0. The lowest BCUT2D eigenvalue weighted by Gasteiger charge is -2.05. The van der Waals surface area contributed by atoms with Gasteiger partial charge in [-0.1, -0.05) is 23.4 Å². The Morgan fingerprint density at radius 2 is 1.91 bits per heavy atom. The van der Waals surface area contributed by atoms with E-state index in [1.165, 1.54) is 0 Å². The predicted octanol–water partition coefficient (Wildman–Crippen LogP) is 4.11. The number of para-hydroxylation sites is 1. The van der Waals surface area contributed by atoms with Crippen molar-refractivity contribution in [3.8, 4) is 23.0 Å². The SMILES string of the molecule is COc1ccc(Br)c(-c2nc(Cc3ccccc3OC)no2)c1. The summed E-state index contributed by atoms with van der Waals surface area (Å²) in [4.78, 5) is 4.47. The third kappa shape index (κ3) is 3.37. The van der Waals surface area contributed by atoms with Gasteiger partial charge in [0, 0.05) is 16.5 Å². The van der Waals surface area contributed by atoms with Crippen LogP contribution < -0.4 is 9.47 Å². The van der Waals surface area contributed by atoms with E-state index in [4.69, 9.17) is 14.0 Å². The van der Waals surface area contributed by atoms with Gasteiger partial charge in [-0.25, -0.2) is 0 Å². The largest absolute Gasteiger partial charge is 0.497 e. The maximum Gasteiger partial charge on any atom is 0.259 e. The fourth-order valence-corrected chi connectivity index (χ4v) is 2.67. The molecule has 3 rings (SSSR count). The monoisotopic (exact) mass is 374 g/mol. The second-order valence-corrected chi connectivity index (χ2v) is 5.70. The third-order valence-corrected chi connectivity index (χ3v) is 4.10. The molecule has 1 heterocycles. The predicted molar refractivity (Wildman–Crippen MR) is 89.8 cm³/mol. The maximum atomic E-state index is 5.39. The lowest BCUT2D eigenvalue weighted by molar-refractivity contribution is 0.407. The molecule has 3 aromatic rings. The lowest BCUT2D eigenvalue weighted by Crippen LogP contribution is -1.95. The first-order chi connectivity index (χ1) is 11.2. The van der Waals surface area contributed by atoms with Gasteiger partial charge in [-0.15, -0.1) is 0 Å². The number of hydrogen-bond acceptors (Lipinski definition) is 5. The highest BCUT2D eigenvalue weighted by molar-refractivity contribution is 9.10. The van der Waals surface area contributed by atoms with Crippen LogP contribution in [0.25, 0.3) is 11.5 Å². The number of rotatable bonds is 5. The van der Waals surface area contributed by atoms with Gasteiger partial charge in [-0.3, -0.25) is 0 Å². The van der Waals surface area contributed by atoms with Gasteiger partial charge in [0.25, 0.3) is 5.89 Å². The smallest absolute Gasteiger partial charge is 0.259 e. The second kappa shape index (κ2) is 6.83. The van der Waals surface area contributed by atoms with Gasteiger partial charge < -0.3 is 14.0 Å². The van der Waals surface area contributed by atoms with Crippen LogP contribution in [-0.2, 0) is 6.42 Å². The number of ether oxygens (including phenoxy) is 2. The summed E-state index contributed by atoms with van der Waals surface area (Å²) >= 11 is 3.49. The highest BCUT2D eigenvalue weighted by Gasteiger charge is 2.14. The Kier molecular flexibility index (Phi) is 4.62. The molecule has 0 radical (unpaired) electrons. The molecular weight excluding hydrogens is 360 g/mol. The zero-order valence-corrected chi connectivity index (χ0v) is 14.3. The van der Waals surface area contributed by atoms with Crippen molar-refractivity contribution >= 4 is 15.9 Å². The van der Waals surface area contributed by atoms with Gasteiger partial charge >= 0.3 is 0 Å². The van der Waals surface area contributed by atoms with Crippen molar-refractivity contribution in [1.82, 2.24) is 10.1 Å². The molecule has 118 valence electrons. The molecule has 0 saturated heterocycles. The number of aromatic nitrogens is 2. The Bertz CT molecular complexity index is 817. The Hall–Kier alpha value is -2.34. The molecule has 0 bridgehead atoms. The minimum atomic E-state index is 0.445. The van der Waals surface area contributed by atoms with Crippen LogP contribution in [0, 0.1) is 0 Å². The van der Waals surface area contributed by atoms with Crippen molar-refractivity contribution < 1.29 is 14.0 Å². The van der Waals surface area contributed by atoms with Gasteiger partial charge in [-0.05, 0) is 40.2 Å². The normalized spacial score (nSPS) is 10.6. The van der Waals surface area contributed by atoms with Crippen LogP contribution in [0.1, 0.15) is 11.4 Å². The summed E-state index contributed by atoms with van der Waals surface area (Å²) in [6, 6.07) is 13.4. The zero-order chi connectivity index (χ0) is 16.2. The molecule has 23 heavy (non-hydrogen) atoms. The molecular formula is C17H15BrN2O3. The average molecular weight is 375 g/mol. The molecule has 0 fully saturated rings. The number of halogens is 1. The zero-order valence-electron chi connectivity index (χ0n) is 12.7. The molecule has 2 aromatic carbocycles. The van der Waals surface area contributed by atoms with Crippen molar-refractivity contribution in [1.29, 1.82) is 0 Å². The fraction of sp³-hybridized carbons (Fsp3) is 0.176. The van der Waals surface area contributed by atoms with Crippen LogP contribution in [0.3, 0.4) is 0 Å². The molecule has 0 amide bonds. The number of methoxy groups -OCH3 is 2. The molecule has 0 unspecified atom stereocenters. The topological polar surface area (TPSA) is 57.4 Å². The van der Waals surface area contributed by atoms with Crippen molar-refractivity contribution in [2.24, 2.45) is 0 Å². The molecule has 0 spiro atoms. The van der Waals surface area contributed by atoms with Crippen LogP contribution in [0.15, 0.2) is 51.5 Å². The van der Waals surface area contributed by atoms with Gasteiger partial charge in [0.15, 0.2) is 5.82 Å². The number of hydrogen-bond donors (Lipinski definition) is 0.